The van der Waals surface area contributed by atoms with Crippen molar-refractivity contribution in [3.05, 3.63) is 65.5 Å². The van der Waals surface area contributed by atoms with Gasteiger partial charge in [-0.15, -0.1) is 12.4 Å². The first-order valence-corrected chi connectivity index (χ1v) is 7.69. The van der Waals surface area contributed by atoms with E-state index in [1.165, 1.54) is 17.7 Å². The Kier molecular flexibility index (Phi) is 6.58. The molecule has 2 aromatic carbocycles. The molecule has 1 aliphatic heterocycles. The van der Waals surface area contributed by atoms with Crippen LogP contribution >= 0.6 is 12.4 Å². The van der Waals surface area contributed by atoms with Crippen molar-refractivity contribution in [1.29, 1.82) is 0 Å². The van der Waals surface area contributed by atoms with Crippen LogP contribution in [0.1, 0.15) is 23.5 Å². The summed E-state index contributed by atoms with van der Waals surface area (Å²) in [5.74, 6) is 0.241. The maximum absolute atomic E-state index is 12.8. The number of nitrogens with one attached hydrogen (secondary N) is 2. The molecule has 1 fully saturated rings. The minimum atomic E-state index is -0.524. The molecule has 2 N–H and O–H groups in total. The van der Waals surface area contributed by atoms with Crippen LogP contribution in [0.5, 0.6) is 0 Å². The van der Waals surface area contributed by atoms with Gasteiger partial charge in [-0.05, 0) is 54.3 Å². The van der Waals surface area contributed by atoms with Gasteiger partial charge >= 0.3 is 6.09 Å². The number of ether oxygens (including phenoxy) is 1. The summed E-state index contributed by atoms with van der Waals surface area (Å²) in [6.07, 6.45) is 0.622. The number of anilines is 1. The van der Waals surface area contributed by atoms with Crippen LogP contribution in [-0.2, 0) is 11.3 Å². The SMILES string of the molecule is Cl.O=C(Nc1ccc(C2CCNC2)cc1)OCc1ccc(F)cc1. The second kappa shape index (κ2) is 8.66. The quantitative estimate of drug-likeness (QED) is 0.873. The molecular formula is C18H20ClFN2O2. The van der Waals surface area contributed by atoms with E-state index in [0.717, 1.165) is 25.1 Å². The minimum Gasteiger partial charge on any atom is -0.444 e. The predicted molar refractivity (Wildman–Crippen MR) is 94.1 cm³/mol. The number of carbonyl (C=O) groups excluding carboxylic acids is 1. The molecule has 4 nitrogen and oxygen atoms in total. The third kappa shape index (κ3) is 4.94. The lowest BCUT2D eigenvalue weighted by Gasteiger charge is -2.11. The first-order chi connectivity index (χ1) is 11.2. The lowest BCUT2D eigenvalue weighted by molar-refractivity contribution is 0.155. The van der Waals surface area contributed by atoms with E-state index in [-0.39, 0.29) is 24.8 Å². The van der Waals surface area contributed by atoms with Crippen LogP contribution < -0.4 is 10.6 Å². The van der Waals surface area contributed by atoms with Crippen LogP contribution in [0.2, 0.25) is 0 Å². The van der Waals surface area contributed by atoms with Gasteiger partial charge in [0.15, 0.2) is 0 Å². The van der Waals surface area contributed by atoms with Crippen LogP contribution in [0.15, 0.2) is 48.5 Å². The maximum atomic E-state index is 12.8. The molecule has 1 saturated heterocycles. The first-order valence-electron chi connectivity index (χ1n) is 7.69. The molecule has 2 aromatic rings. The second-order valence-corrected chi connectivity index (χ2v) is 5.64. The Hall–Kier alpha value is -2.11. The monoisotopic (exact) mass is 350 g/mol. The van der Waals surface area contributed by atoms with Crippen molar-refractivity contribution in [2.75, 3.05) is 18.4 Å². The van der Waals surface area contributed by atoms with Crippen LogP contribution in [0.3, 0.4) is 0 Å². The molecule has 1 aliphatic rings. The van der Waals surface area contributed by atoms with Gasteiger partial charge in [0.05, 0.1) is 0 Å². The van der Waals surface area contributed by atoms with E-state index in [1.54, 1.807) is 12.1 Å². The van der Waals surface area contributed by atoms with Crippen molar-refractivity contribution >= 4 is 24.2 Å². The van der Waals surface area contributed by atoms with Gasteiger partial charge in [-0.3, -0.25) is 5.32 Å². The number of benzene rings is 2. The molecule has 0 aliphatic carbocycles. The summed E-state index contributed by atoms with van der Waals surface area (Å²) in [5.41, 5.74) is 2.72. The zero-order valence-electron chi connectivity index (χ0n) is 13.1. The number of carbonyl (C=O) groups is 1. The largest absolute Gasteiger partial charge is 0.444 e. The molecule has 1 heterocycles. The zero-order valence-corrected chi connectivity index (χ0v) is 13.9. The van der Waals surface area contributed by atoms with E-state index in [1.807, 2.05) is 24.3 Å². The predicted octanol–water partition coefficient (Wildman–Crippen LogP) is 4.07. The summed E-state index contributed by atoms with van der Waals surface area (Å²) in [6, 6.07) is 13.7. The topological polar surface area (TPSA) is 50.4 Å². The Labute approximate surface area is 146 Å². The highest BCUT2D eigenvalue weighted by molar-refractivity contribution is 5.85. The third-order valence-corrected chi connectivity index (χ3v) is 3.97. The smallest absolute Gasteiger partial charge is 0.411 e. The average molecular weight is 351 g/mol. The molecule has 0 bridgehead atoms. The van der Waals surface area contributed by atoms with Gasteiger partial charge < -0.3 is 10.1 Å². The molecular weight excluding hydrogens is 331 g/mol. The fraction of sp³-hybridized carbons (Fsp3) is 0.278. The van der Waals surface area contributed by atoms with E-state index >= 15 is 0 Å². The second-order valence-electron chi connectivity index (χ2n) is 5.64. The molecule has 1 unspecified atom stereocenters. The van der Waals surface area contributed by atoms with Crippen molar-refractivity contribution in [1.82, 2.24) is 5.32 Å². The highest BCUT2D eigenvalue weighted by Crippen LogP contribution is 2.23. The molecule has 1 atom stereocenters. The van der Waals surface area contributed by atoms with Gasteiger partial charge in [-0.25, -0.2) is 9.18 Å². The lowest BCUT2D eigenvalue weighted by Crippen LogP contribution is -2.13. The van der Waals surface area contributed by atoms with E-state index in [4.69, 9.17) is 4.74 Å². The zero-order chi connectivity index (χ0) is 16.1. The van der Waals surface area contributed by atoms with Crippen LogP contribution in [0, 0.1) is 5.82 Å². The highest BCUT2D eigenvalue weighted by atomic mass is 35.5. The molecule has 0 aromatic heterocycles. The van der Waals surface area contributed by atoms with E-state index in [9.17, 15) is 9.18 Å². The van der Waals surface area contributed by atoms with Crippen LogP contribution in [-0.4, -0.2) is 19.2 Å². The van der Waals surface area contributed by atoms with Crippen molar-refractivity contribution < 1.29 is 13.9 Å². The lowest BCUT2D eigenvalue weighted by atomic mass is 9.98. The maximum Gasteiger partial charge on any atom is 0.411 e. The minimum absolute atomic E-state index is 0. The Morgan fingerprint density at radius 1 is 1.17 bits per heavy atom. The molecule has 6 heteroatoms. The fourth-order valence-corrected chi connectivity index (χ4v) is 2.66. The summed E-state index contributed by atoms with van der Waals surface area (Å²) in [6.45, 7) is 2.17. The van der Waals surface area contributed by atoms with E-state index < -0.39 is 6.09 Å². The van der Waals surface area contributed by atoms with Crippen molar-refractivity contribution in [2.24, 2.45) is 0 Å². The number of halogens is 2. The number of rotatable bonds is 4. The Bertz CT molecular complexity index is 656. The van der Waals surface area contributed by atoms with Gasteiger partial charge in [0.1, 0.15) is 12.4 Å². The molecule has 0 radical (unpaired) electrons. The van der Waals surface area contributed by atoms with Crippen molar-refractivity contribution in [2.45, 2.75) is 18.9 Å². The van der Waals surface area contributed by atoms with Crippen LogP contribution in [0.25, 0.3) is 0 Å². The Balaban J connectivity index is 0.00000208. The standard InChI is InChI=1S/C18H19FN2O2.ClH/c19-16-5-1-13(2-6-16)12-23-18(22)21-17-7-3-14(4-8-17)15-9-10-20-11-15;/h1-8,15,20H,9-12H2,(H,21,22);1H. The summed E-state index contributed by atoms with van der Waals surface area (Å²) in [5, 5.41) is 6.03. The third-order valence-electron chi connectivity index (χ3n) is 3.97. The molecule has 3 rings (SSSR count). The number of amides is 1. The molecule has 0 saturated carbocycles. The molecule has 128 valence electrons. The Morgan fingerprint density at radius 2 is 1.88 bits per heavy atom. The normalized spacial score (nSPS) is 16.3. The summed E-state index contributed by atoms with van der Waals surface area (Å²) in [4.78, 5) is 11.8. The summed E-state index contributed by atoms with van der Waals surface area (Å²) < 4.78 is 17.9. The number of hydrogen-bond acceptors (Lipinski definition) is 3. The summed E-state index contributed by atoms with van der Waals surface area (Å²) >= 11 is 0. The van der Waals surface area contributed by atoms with Gasteiger partial charge in [0.25, 0.3) is 0 Å². The van der Waals surface area contributed by atoms with E-state index in [2.05, 4.69) is 10.6 Å². The summed E-state index contributed by atoms with van der Waals surface area (Å²) in [7, 11) is 0. The van der Waals surface area contributed by atoms with Crippen molar-refractivity contribution in [3.63, 3.8) is 0 Å². The Morgan fingerprint density at radius 3 is 2.50 bits per heavy atom. The number of hydrogen-bond donors (Lipinski definition) is 2. The van der Waals surface area contributed by atoms with E-state index in [0.29, 0.717) is 11.6 Å². The fourth-order valence-electron chi connectivity index (χ4n) is 2.66. The molecule has 1 amide bonds. The molecule has 0 spiro atoms. The average Bonchev–Trinajstić information content (AvgIpc) is 3.09. The van der Waals surface area contributed by atoms with Gasteiger partial charge in [-0.2, -0.15) is 0 Å². The van der Waals surface area contributed by atoms with Gasteiger partial charge in [0.2, 0.25) is 0 Å². The van der Waals surface area contributed by atoms with Gasteiger partial charge in [0, 0.05) is 12.2 Å². The van der Waals surface area contributed by atoms with Gasteiger partial charge in [-0.1, -0.05) is 24.3 Å². The highest BCUT2D eigenvalue weighted by Gasteiger charge is 2.16. The van der Waals surface area contributed by atoms with Crippen molar-refractivity contribution in [3.8, 4) is 0 Å². The first kappa shape index (κ1) is 18.2. The van der Waals surface area contributed by atoms with Crippen LogP contribution in [0.4, 0.5) is 14.9 Å². The molecule has 24 heavy (non-hydrogen) atoms.